The predicted molar refractivity (Wildman–Crippen MR) is 57.3 cm³/mol. The van der Waals surface area contributed by atoms with Crippen molar-refractivity contribution in [3.8, 4) is 0 Å². The van der Waals surface area contributed by atoms with Crippen molar-refractivity contribution in [2.24, 2.45) is 0 Å². The first-order valence-corrected chi connectivity index (χ1v) is 4.12. The number of nitrogens with one attached hydrogen (secondary N) is 3. The lowest BCUT2D eigenvalue weighted by atomic mass is 9.85. The zero-order valence-electron chi connectivity index (χ0n) is 7.09. The van der Waals surface area contributed by atoms with Crippen molar-refractivity contribution in [2.75, 3.05) is 0 Å². The molecule has 1 fully saturated rings. The lowest BCUT2D eigenvalue weighted by molar-refractivity contribution is 1.28. The molecule has 2 rings (SSSR count). The molecule has 0 aliphatic carbocycles. The Morgan fingerprint density at radius 3 is 0.917 bits per heavy atom. The van der Waals surface area contributed by atoms with Gasteiger partial charge in [-0.15, -0.1) is 0 Å². The van der Waals surface area contributed by atoms with Crippen LogP contribution in [0.5, 0.6) is 0 Å². The molecule has 0 spiro atoms. The molecule has 0 atom stereocenters. The highest BCUT2D eigenvalue weighted by atomic mass is 15.0. The van der Waals surface area contributed by atoms with Crippen LogP contribution in [0.2, 0.25) is 0 Å². The number of rotatable bonds is 0. The molecule has 0 saturated carbocycles. The molecule has 0 amide bonds. The van der Waals surface area contributed by atoms with Crippen molar-refractivity contribution >= 4 is 22.6 Å². The van der Waals surface area contributed by atoms with Crippen molar-refractivity contribution < 1.29 is 0 Å². The lowest BCUT2D eigenvalue weighted by Crippen LogP contribution is -2.55. The topological polar surface area (TPSA) is 36.1 Å². The van der Waals surface area contributed by atoms with E-state index < -0.39 is 0 Å². The van der Waals surface area contributed by atoms with Gasteiger partial charge in [-0.2, -0.15) is 0 Å². The highest BCUT2D eigenvalue weighted by Gasteiger charge is 1.97. The van der Waals surface area contributed by atoms with E-state index >= 15 is 0 Å². The maximum absolute atomic E-state index is 3.06. The molecular weight excluding hydrogens is 147 g/mol. The summed E-state index contributed by atoms with van der Waals surface area (Å²) in [5.74, 6) is 0. The van der Waals surface area contributed by atoms with E-state index in [1.165, 1.54) is 0 Å². The molecule has 0 aromatic heterocycles. The first-order chi connectivity index (χ1) is 6.00. The highest BCUT2D eigenvalue weighted by molar-refractivity contribution is 6.65. The van der Waals surface area contributed by atoms with Crippen LogP contribution in [0.15, 0.2) is 36.4 Å². The van der Waals surface area contributed by atoms with Gasteiger partial charge in [0, 0.05) is 0 Å². The Morgan fingerprint density at radius 2 is 0.750 bits per heavy atom. The molecule has 0 unspecified atom stereocenters. The molecule has 0 bridgehead atoms. The standard InChI is InChI=1S/C6H6.B3H6N3/c1-2-4-6-5-3-1;1-4-2-6-3-5-1/h2*1-6H. The average Bonchev–Trinajstić information content (AvgIpc) is 2.24. The zero-order chi connectivity index (χ0) is 8.49. The quantitative estimate of drug-likeness (QED) is 0.392. The molecule has 1 aromatic carbocycles. The number of benzene rings is 1. The van der Waals surface area contributed by atoms with Crippen LogP contribution in [0.3, 0.4) is 0 Å². The van der Waals surface area contributed by atoms with Crippen LogP contribution in [0.4, 0.5) is 0 Å². The van der Waals surface area contributed by atoms with Crippen LogP contribution < -0.4 is 15.4 Å². The second-order valence-electron chi connectivity index (χ2n) is 2.44. The molecule has 1 heterocycles. The summed E-state index contributed by atoms with van der Waals surface area (Å²) in [5, 5.41) is 9.19. The SMILES string of the molecule is B1NBNBN1.c1ccccc1. The van der Waals surface area contributed by atoms with Gasteiger partial charge in [0.25, 0.3) is 22.6 Å². The fraction of sp³-hybridized carbons (Fsp3) is 0. The van der Waals surface area contributed by atoms with Crippen molar-refractivity contribution in [1.82, 2.24) is 15.4 Å². The Bertz CT molecular complexity index is 142. The smallest absolute Gasteiger partial charge is 0.265 e. The summed E-state index contributed by atoms with van der Waals surface area (Å²) < 4.78 is 0. The normalized spacial score (nSPS) is 14.0. The maximum atomic E-state index is 3.06. The van der Waals surface area contributed by atoms with Crippen LogP contribution in [-0.2, 0) is 0 Å². The average molecular weight is 159 g/mol. The van der Waals surface area contributed by atoms with E-state index in [0.717, 1.165) is 22.6 Å². The van der Waals surface area contributed by atoms with E-state index in [2.05, 4.69) is 15.4 Å². The predicted octanol–water partition coefficient (Wildman–Crippen LogP) is -1.75. The van der Waals surface area contributed by atoms with Crippen LogP contribution in [0.1, 0.15) is 0 Å². The second kappa shape index (κ2) is 6.97. The second-order valence-corrected chi connectivity index (χ2v) is 2.44. The largest absolute Gasteiger partial charge is 0.378 e. The molecule has 60 valence electrons. The molecule has 0 radical (unpaired) electrons. The maximum Gasteiger partial charge on any atom is 0.265 e. The minimum Gasteiger partial charge on any atom is -0.378 e. The van der Waals surface area contributed by atoms with Gasteiger partial charge in [0.2, 0.25) is 0 Å². The van der Waals surface area contributed by atoms with Gasteiger partial charge in [0.15, 0.2) is 0 Å². The van der Waals surface area contributed by atoms with Crippen LogP contribution in [0.25, 0.3) is 0 Å². The Morgan fingerprint density at radius 1 is 0.500 bits per heavy atom. The van der Waals surface area contributed by atoms with Crippen molar-refractivity contribution in [2.45, 2.75) is 0 Å². The molecule has 3 nitrogen and oxygen atoms in total. The molecule has 3 N–H and O–H groups in total. The minimum atomic E-state index is 0.938. The van der Waals surface area contributed by atoms with E-state index in [4.69, 9.17) is 0 Å². The Labute approximate surface area is 75.2 Å². The fourth-order valence-electron chi connectivity index (χ4n) is 0.838. The summed E-state index contributed by atoms with van der Waals surface area (Å²) in [7, 11) is 2.81. The molecule has 1 aliphatic heterocycles. The van der Waals surface area contributed by atoms with Gasteiger partial charge < -0.3 is 15.4 Å². The van der Waals surface area contributed by atoms with E-state index in [1.54, 1.807) is 0 Å². The van der Waals surface area contributed by atoms with Crippen molar-refractivity contribution in [3.05, 3.63) is 36.4 Å². The van der Waals surface area contributed by atoms with Gasteiger partial charge >= 0.3 is 0 Å². The van der Waals surface area contributed by atoms with Gasteiger partial charge in [-0.1, -0.05) is 36.4 Å². The Hall–Kier alpha value is -0.705. The van der Waals surface area contributed by atoms with Crippen molar-refractivity contribution in [1.29, 1.82) is 0 Å². The van der Waals surface area contributed by atoms with Crippen LogP contribution in [-0.4, -0.2) is 22.6 Å². The fourth-order valence-corrected chi connectivity index (χ4v) is 0.838. The number of hydrogen-bond donors (Lipinski definition) is 3. The molecule has 1 aliphatic rings. The molecule has 1 saturated heterocycles. The molecule has 12 heavy (non-hydrogen) atoms. The van der Waals surface area contributed by atoms with E-state index in [-0.39, 0.29) is 0 Å². The van der Waals surface area contributed by atoms with Gasteiger partial charge in [0.05, 0.1) is 0 Å². The Kier molecular flexibility index (Phi) is 5.45. The summed E-state index contributed by atoms with van der Waals surface area (Å²) in [6.45, 7) is 0. The summed E-state index contributed by atoms with van der Waals surface area (Å²) >= 11 is 0. The monoisotopic (exact) mass is 159 g/mol. The third-order valence-corrected chi connectivity index (χ3v) is 1.42. The van der Waals surface area contributed by atoms with E-state index in [9.17, 15) is 0 Å². The summed E-state index contributed by atoms with van der Waals surface area (Å²) in [6.07, 6.45) is 0. The van der Waals surface area contributed by atoms with Crippen molar-refractivity contribution in [3.63, 3.8) is 0 Å². The first kappa shape index (κ1) is 9.38. The van der Waals surface area contributed by atoms with Crippen LogP contribution >= 0.6 is 0 Å². The molecular formula is C6H12B3N3. The minimum absolute atomic E-state index is 0.938. The summed E-state index contributed by atoms with van der Waals surface area (Å²) in [5.41, 5.74) is 0. The van der Waals surface area contributed by atoms with E-state index in [1.807, 2.05) is 36.4 Å². The van der Waals surface area contributed by atoms with Gasteiger partial charge in [-0.05, 0) is 0 Å². The van der Waals surface area contributed by atoms with Gasteiger partial charge in [-0.25, -0.2) is 0 Å². The first-order valence-electron chi connectivity index (χ1n) is 4.12. The molecule has 6 heteroatoms. The zero-order valence-corrected chi connectivity index (χ0v) is 7.09. The van der Waals surface area contributed by atoms with Gasteiger partial charge in [-0.3, -0.25) is 0 Å². The third kappa shape index (κ3) is 5.01. The molecule has 1 aromatic rings. The lowest BCUT2D eigenvalue weighted by Gasteiger charge is -2.08. The highest BCUT2D eigenvalue weighted by Crippen LogP contribution is 1.79. The summed E-state index contributed by atoms with van der Waals surface area (Å²) in [6, 6.07) is 12.0. The summed E-state index contributed by atoms with van der Waals surface area (Å²) in [4.78, 5) is 0. The Balaban J connectivity index is 0.000000120. The van der Waals surface area contributed by atoms with Gasteiger partial charge in [0.1, 0.15) is 0 Å². The third-order valence-electron chi connectivity index (χ3n) is 1.42. The number of hydrogen-bond acceptors (Lipinski definition) is 3. The van der Waals surface area contributed by atoms with E-state index in [0.29, 0.717) is 0 Å². The van der Waals surface area contributed by atoms with Crippen LogP contribution in [0, 0.1) is 0 Å².